The minimum absolute atomic E-state index is 0.162. The van der Waals surface area contributed by atoms with Crippen LogP contribution in [0.15, 0.2) is 30.3 Å². The third kappa shape index (κ3) is 3.38. The van der Waals surface area contributed by atoms with Crippen molar-refractivity contribution in [2.24, 2.45) is 0 Å². The van der Waals surface area contributed by atoms with Crippen LogP contribution < -0.4 is 4.74 Å². The number of nitrogens with zero attached hydrogens (tertiary/aromatic N) is 2. The fourth-order valence-electron chi connectivity index (χ4n) is 2.04. The van der Waals surface area contributed by atoms with Gasteiger partial charge in [0, 0.05) is 11.3 Å². The van der Waals surface area contributed by atoms with Crippen LogP contribution in [-0.4, -0.2) is 11.6 Å². The fourth-order valence-corrected chi connectivity index (χ4v) is 2.04. The topological polar surface area (TPSA) is 45.9 Å². The summed E-state index contributed by atoms with van der Waals surface area (Å²) >= 11 is 0. The summed E-state index contributed by atoms with van der Waals surface area (Å²) in [5, 5.41) is 9.09. The van der Waals surface area contributed by atoms with Gasteiger partial charge in [0.15, 0.2) is 0 Å². The highest BCUT2D eigenvalue weighted by atomic mass is 19.1. The SMILES string of the molecule is CCOc1ccc(F)c(-c2cc(C#N)nc(C(C)C)c2)c1. The van der Waals surface area contributed by atoms with E-state index in [9.17, 15) is 4.39 Å². The maximum absolute atomic E-state index is 14.1. The second-order valence-corrected chi connectivity index (χ2v) is 5.01. The van der Waals surface area contributed by atoms with Gasteiger partial charge in [-0.05, 0) is 48.7 Å². The molecule has 0 spiro atoms. The first kappa shape index (κ1) is 15.0. The summed E-state index contributed by atoms with van der Waals surface area (Å²) in [4.78, 5) is 4.25. The summed E-state index contributed by atoms with van der Waals surface area (Å²) in [6.07, 6.45) is 0. The smallest absolute Gasteiger partial charge is 0.141 e. The Morgan fingerprint density at radius 3 is 2.67 bits per heavy atom. The average Bonchev–Trinajstić information content (AvgIpc) is 2.48. The molecule has 0 aliphatic carbocycles. The Hall–Kier alpha value is -2.41. The lowest BCUT2D eigenvalue weighted by Crippen LogP contribution is -1.98. The number of aromatic nitrogens is 1. The Morgan fingerprint density at radius 1 is 1.29 bits per heavy atom. The van der Waals surface area contributed by atoms with E-state index in [1.807, 2.05) is 32.9 Å². The second kappa shape index (κ2) is 6.36. The number of halogens is 1. The predicted octanol–water partition coefficient (Wildman–Crippen LogP) is 4.28. The van der Waals surface area contributed by atoms with E-state index in [4.69, 9.17) is 10.00 Å². The molecule has 0 bridgehead atoms. The van der Waals surface area contributed by atoms with E-state index in [1.54, 1.807) is 18.2 Å². The molecule has 108 valence electrons. The van der Waals surface area contributed by atoms with Gasteiger partial charge < -0.3 is 4.74 Å². The number of nitriles is 1. The first-order valence-corrected chi connectivity index (χ1v) is 6.90. The number of benzene rings is 1. The van der Waals surface area contributed by atoms with Gasteiger partial charge in [-0.3, -0.25) is 0 Å². The van der Waals surface area contributed by atoms with Crippen LogP contribution in [0.5, 0.6) is 5.75 Å². The van der Waals surface area contributed by atoms with Gasteiger partial charge in [0.1, 0.15) is 23.3 Å². The van der Waals surface area contributed by atoms with Gasteiger partial charge in [-0.15, -0.1) is 0 Å². The lowest BCUT2D eigenvalue weighted by atomic mass is 10.0. The zero-order valence-corrected chi connectivity index (χ0v) is 12.4. The van der Waals surface area contributed by atoms with Crippen molar-refractivity contribution in [1.29, 1.82) is 5.26 Å². The molecular weight excluding hydrogens is 267 g/mol. The summed E-state index contributed by atoms with van der Waals surface area (Å²) in [6, 6.07) is 10.1. The Balaban J connectivity index is 2.58. The summed E-state index contributed by atoms with van der Waals surface area (Å²) < 4.78 is 19.5. The van der Waals surface area contributed by atoms with Crippen LogP contribution in [0.2, 0.25) is 0 Å². The molecule has 0 unspecified atom stereocenters. The predicted molar refractivity (Wildman–Crippen MR) is 79.6 cm³/mol. The highest BCUT2D eigenvalue weighted by Crippen LogP contribution is 2.29. The Bertz CT molecular complexity index is 690. The molecule has 2 rings (SSSR count). The van der Waals surface area contributed by atoms with E-state index in [-0.39, 0.29) is 17.4 Å². The number of rotatable bonds is 4. The van der Waals surface area contributed by atoms with Gasteiger partial charge in [-0.25, -0.2) is 9.37 Å². The van der Waals surface area contributed by atoms with E-state index in [0.717, 1.165) is 5.69 Å². The summed E-state index contributed by atoms with van der Waals surface area (Å²) in [5.74, 6) is 0.425. The van der Waals surface area contributed by atoms with E-state index >= 15 is 0 Å². The van der Waals surface area contributed by atoms with E-state index < -0.39 is 0 Å². The molecule has 1 aromatic carbocycles. The van der Waals surface area contributed by atoms with Crippen LogP contribution in [0, 0.1) is 17.1 Å². The first-order valence-electron chi connectivity index (χ1n) is 6.90. The normalized spacial score (nSPS) is 10.5. The van der Waals surface area contributed by atoms with Crippen molar-refractivity contribution in [2.45, 2.75) is 26.7 Å². The number of hydrogen-bond donors (Lipinski definition) is 0. The Labute approximate surface area is 124 Å². The standard InChI is InChI=1S/C17H17FN2O/c1-4-21-14-5-6-16(18)15(9-14)12-7-13(10-19)20-17(8-12)11(2)3/h5-9,11H,4H2,1-3H3. The summed E-state index contributed by atoms with van der Waals surface area (Å²) in [5.41, 5.74) is 2.12. The van der Waals surface area contributed by atoms with Crippen molar-refractivity contribution in [2.75, 3.05) is 6.61 Å². The zero-order chi connectivity index (χ0) is 15.4. The Kier molecular flexibility index (Phi) is 4.54. The van der Waals surface area contributed by atoms with Gasteiger partial charge in [0.25, 0.3) is 0 Å². The minimum Gasteiger partial charge on any atom is -0.494 e. The number of pyridine rings is 1. The minimum atomic E-state index is -0.344. The molecule has 0 aliphatic rings. The first-order chi connectivity index (χ1) is 10.0. The molecule has 0 saturated heterocycles. The highest BCUT2D eigenvalue weighted by Gasteiger charge is 2.12. The number of hydrogen-bond acceptors (Lipinski definition) is 3. The van der Waals surface area contributed by atoms with Crippen LogP contribution >= 0.6 is 0 Å². The molecule has 4 heteroatoms. The van der Waals surface area contributed by atoms with E-state index in [0.29, 0.717) is 23.5 Å². The molecule has 0 radical (unpaired) electrons. The molecule has 2 aromatic rings. The molecule has 1 aromatic heterocycles. The molecule has 0 amide bonds. The van der Waals surface area contributed by atoms with Crippen molar-refractivity contribution in [3.05, 3.63) is 47.5 Å². The molecule has 1 heterocycles. The maximum Gasteiger partial charge on any atom is 0.141 e. The van der Waals surface area contributed by atoms with Crippen LogP contribution in [-0.2, 0) is 0 Å². The second-order valence-electron chi connectivity index (χ2n) is 5.01. The van der Waals surface area contributed by atoms with Crippen LogP contribution in [0.4, 0.5) is 4.39 Å². The van der Waals surface area contributed by atoms with Crippen molar-refractivity contribution in [1.82, 2.24) is 4.98 Å². The van der Waals surface area contributed by atoms with Crippen LogP contribution in [0.3, 0.4) is 0 Å². The summed E-state index contributed by atoms with van der Waals surface area (Å²) in [6.45, 7) is 6.36. The monoisotopic (exact) mass is 284 g/mol. The van der Waals surface area contributed by atoms with Gasteiger partial charge in [-0.2, -0.15) is 5.26 Å². The Morgan fingerprint density at radius 2 is 2.05 bits per heavy atom. The van der Waals surface area contributed by atoms with Crippen molar-refractivity contribution >= 4 is 0 Å². The third-order valence-electron chi connectivity index (χ3n) is 3.11. The molecule has 0 aliphatic heterocycles. The fraction of sp³-hybridized carbons (Fsp3) is 0.294. The van der Waals surface area contributed by atoms with Gasteiger partial charge in [0.05, 0.1) is 6.61 Å². The quantitative estimate of drug-likeness (QED) is 0.841. The van der Waals surface area contributed by atoms with Crippen molar-refractivity contribution < 1.29 is 9.13 Å². The van der Waals surface area contributed by atoms with Crippen molar-refractivity contribution in [3.63, 3.8) is 0 Å². The average molecular weight is 284 g/mol. The molecule has 21 heavy (non-hydrogen) atoms. The van der Waals surface area contributed by atoms with Gasteiger partial charge in [0.2, 0.25) is 0 Å². The molecule has 3 nitrogen and oxygen atoms in total. The molecule has 0 saturated carbocycles. The van der Waals surface area contributed by atoms with Crippen LogP contribution in [0.1, 0.15) is 38.1 Å². The lowest BCUT2D eigenvalue weighted by molar-refractivity contribution is 0.340. The largest absolute Gasteiger partial charge is 0.494 e. The molecule has 0 N–H and O–H groups in total. The van der Waals surface area contributed by atoms with Gasteiger partial charge in [-0.1, -0.05) is 13.8 Å². The van der Waals surface area contributed by atoms with Crippen molar-refractivity contribution in [3.8, 4) is 22.9 Å². The van der Waals surface area contributed by atoms with E-state index in [2.05, 4.69) is 4.98 Å². The molecule has 0 atom stereocenters. The van der Waals surface area contributed by atoms with Crippen LogP contribution in [0.25, 0.3) is 11.1 Å². The summed E-state index contributed by atoms with van der Waals surface area (Å²) in [7, 11) is 0. The molecule has 0 fully saturated rings. The van der Waals surface area contributed by atoms with E-state index in [1.165, 1.54) is 6.07 Å². The third-order valence-corrected chi connectivity index (χ3v) is 3.11. The zero-order valence-electron chi connectivity index (χ0n) is 12.4. The lowest BCUT2D eigenvalue weighted by Gasteiger charge is -2.11. The maximum atomic E-state index is 14.1. The highest BCUT2D eigenvalue weighted by molar-refractivity contribution is 5.67. The number of ether oxygens (including phenoxy) is 1. The van der Waals surface area contributed by atoms with Gasteiger partial charge >= 0.3 is 0 Å². The molecular formula is C17H17FN2O.